The number of carboxylic acid groups (broad SMARTS) is 1. The number of rotatable bonds is 6. The summed E-state index contributed by atoms with van der Waals surface area (Å²) in [5.41, 5.74) is 0.315. The first-order valence-corrected chi connectivity index (χ1v) is 5.31. The Kier molecular flexibility index (Phi) is 5.26. The number of hydrogen-bond donors (Lipinski definition) is 2. The Balaban J connectivity index is 2.74. The SMILES string of the molecule is COCCC(=O)NC(C(=O)O)c1ccc(F)cc1. The zero-order valence-electron chi connectivity index (χ0n) is 9.85. The average Bonchev–Trinajstić information content (AvgIpc) is 2.34. The molecule has 0 bridgehead atoms. The molecule has 1 unspecified atom stereocenters. The minimum atomic E-state index is -1.20. The van der Waals surface area contributed by atoms with Gasteiger partial charge in [-0.1, -0.05) is 12.1 Å². The van der Waals surface area contributed by atoms with Crippen molar-refractivity contribution in [2.45, 2.75) is 12.5 Å². The first-order chi connectivity index (χ1) is 8.54. The number of ether oxygens (including phenoxy) is 1. The second-order valence-electron chi connectivity index (χ2n) is 3.63. The lowest BCUT2D eigenvalue weighted by Gasteiger charge is -2.14. The van der Waals surface area contributed by atoms with Gasteiger partial charge in [0.1, 0.15) is 5.82 Å². The first kappa shape index (κ1) is 14.1. The van der Waals surface area contributed by atoms with Gasteiger partial charge >= 0.3 is 5.97 Å². The van der Waals surface area contributed by atoms with E-state index in [9.17, 15) is 14.0 Å². The molecule has 1 rings (SSSR count). The standard InChI is InChI=1S/C12H14FNO4/c1-18-7-6-10(15)14-11(12(16)17)8-2-4-9(13)5-3-8/h2-5,11H,6-7H2,1H3,(H,14,15)(H,16,17). The van der Waals surface area contributed by atoms with E-state index in [4.69, 9.17) is 9.84 Å². The van der Waals surface area contributed by atoms with Crippen molar-refractivity contribution >= 4 is 11.9 Å². The van der Waals surface area contributed by atoms with Gasteiger partial charge in [-0.15, -0.1) is 0 Å². The number of carbonyl (C=O) groups is 2. The van der Waals surface area contributed by atoms with Crippen LogP contribution in [0.2, 0.25) is 0 Å². The molecule has 0 aromatic heterocycles. The Morgan fingerprint density at radius 2 is 2.00 bits per heavy atom. The van der Waals surface area contributed by atoms with E-state index in [1.807, 2.05) is 0 Å². The lowest BCUT2D eigenvalue weighted by molar-refractivity contribution is -0.142. The van der Waals surface area contributed by atoms with Crippen molar-refractivity contribution in [2.24, 2.45) is 0 Å². The summed E-state index contributed by atoms with van der Waals surface area (Å²) in [5, 5.41) is 11.4. The molecule has 18 heavy (non-hydrogen) atoms. The fourth-order valence-electron chi connectivity index (χ4n) is 1.37. The van der Waals surface area contributed by atoms with Gasteiger partial charge in [0.15, 0.2) is 6.04 Å². The van der Waals surface area contributed by atoms with Crippen LogP contribution in [0.25, 0.3) is 0 Å². The Morgan fingerprint density at radius 1 is 1.39 bits per heavy atom. The molecule has 0 saturated heterocycles. The molecule has 0 aliphatic carbocycles. The number of benzene rings is 1. The number of amides is 1. The maximum Gasteiger partial charge on any atom is 0.330 e. The number of methoxy groups -OCH3 is 1. The van der Waals surface area contributed by atoms with Crippen LogP contribution in [-0.2, 0) is 14.3 Å². The van der Waals surface area contributed by atoms with Crippen LogP contribution in [0.15, 0.2) is 24.3 Å². The van der Waals surface area contributed by atoms with E-state index in [-0.39, 0.29) is 13.0 Å². The molecule has 5 nitrogen and oxygen atoms in total. The summed E-state index contributed by atoms with van der Waals surface area (Å²) in [6, 6.07) is 3.75. The number of hydrogen-bond acceptors (Lipinski definition) is 3. The van der Waals surface area contributed by atoms with Gasteiger partial charge in [0.05, 0.1) is 6.61 Å². The molecule has 0 aliphatic rings. The molecule has 1 aromatic carbocycles. The predicted molar refractivity (Wildman–Crippen MR) is 61.4 cm³/mol. The van der Waals surface area contributed by atoms with Gasteiger partial charge in [-0.2, -0.15) is 0 Å². The minimum Gasteiger partial charge on any atom is -0.479 e. The lowest BCUT2D eigenvalue weighted by Crippen LogP contribution is -2.34. The summed E-state index contributed by atoms with van der Waals surface area (Å²) < 4.78 is 17.4. The van der Waals surface area contributed by atoms with Crippen LogP contribution < -0.4 is 5.32 Å². The average molecular weight is 255 g/mol. The van der Waals surface area contributed by atoms with E-state index in [1.54, 1.807) is 0 Å². The van der Waals surface area contributed by atoms with E-state index in [0.29, 0.717) is 5.56 Å². The Bertz CT molecular complexity index is 419. The van der Waals surface area contributed by atoms with Gasteiger partial charge < -0.3 is 15.2 Å². The van der Waals surface area contributed by atoms with Crippen molar-refractivity contribution in [1.29, 1.82) is 0 Å². The summed E-state index contributed by atoms with van der Waals surface area (Å²) >= 11 is 0. The molecule has 1 aromatic rings. The number of carboxylic acids is 1. The molecular formula is C12H14FNO4. The van der Waals surface area contributed by atoms with E-state index < -0.39 is 23.7 Å². The van der Waals surface area contributed by atoms with Crippen molar-refractivity contribution in [2.75, 3.05) is 13.7 Å². The molecule has 0 fully saturated rings. The second kappa shape index (κ2) is 6.70. The minimum absolute atomic E-state index is 0.0709. The molecule has 98 valence electrons. The van der Waals surface area contributed by atoms with Crippen LogP contribution in [0.1, 0.15) is 18.0 Å². The van der Waals surface area contributed by atoms with Gasteiger partial charge in [0.2, 0.25) is 5.91 Å². The number of aliphatic carboxylic acids is 1. The summed E-state index contributed by atoms with van der Waals surface area (Å²) in [7, 11) is 1.45. The third-order valence-corrected chi connectivity index (χ3v) is 2.29. The molecule has 0 saturated carbocycles. The molecule has 2 N–H and O–H groups in total. The Morgan fingerprint density at radius 3 is 2.50 bits per heavy atom. The predicted octanol–water partition coefficient (Wildman–Crippen LogP) is 1.10. The third kappa shape index (κ3) is 4.14. The highest BCUT2D eigenvalue weighted by atomic mass is 19.1. The zero-order valence-corrected chi connectivity index (χ0v) is 9.85. The highest BCUT2D eigenvalue weighted by Crippen LogP contribution is 2.14. The normalized spacial score (nSPS) is 11.9. The smallest absolute Gasteiger partial charge is 0.330 e. The molecular weight excluding hydrogens is 241 g/mol. The number of nitrogens with one attached hydrogen (secondary N) is 1. The highest BCUT2D eigenvalue weighted by molar-refractivity contribution is 5.84. The van der Waals surface area contributed by atoms with Gasteiger partial charge in [-0.3, -0.25) is 4.79 Å². The molecule has 0 heterocycles. The van der Waals surface area contributed by atoms with Crippen LogP contribution >= 0.6 is 0 Å². The quantitative estimate of drug-likeness (QED) is 0.798. The molecule has 6 heteroatoms. The van der Waals surface area contributed by atoms with Crippen LogP contribution in [0.3, 0.4) is 0 Å². The molecule has 0 aliphatic heterocycles. The van der Waals surface area contributed by atoms with Gasteiger partial charge in [-0.05, 0) is 17.7 Å². The largest absolute Gasteiger partial charge is 0.479 e. The molecule has 0 radical (unpaired) electrons. The van der Waals surface area contributed by atoms with E-state index in [1.165, 1.54) is 19.2 Å². The number of halogens is 1. The summed E-state index contributed by atoms with van der Waals surface area (Å²) in [6.45, 7) is 0.210. The van der Waals surface area contributed by atoms with Crippen molar-refractivity contribution in [3.05, 3.63) is 35.6 Å². The van der Waals surface area contributed by atoms with Gasteiger partial charge in [0.25, 0.3) is 0 Å². The lowest BCUT2D eigenvalue weighted by atomic mass is 10.1. The fourth-order valence-corrected chi connectivity index (χ4v) is 1.37. The van der Waals surface area contributed by atoms with E-state index >= 15 is 0 Å². The van der Waals surface area contributed by atoms with Crippen molar-refractivity contribution < 1.29 is 23.8 Å². The van der Waals surface area contributed by atoms with Crippen LogP contribution in [0, 0.1) is 5.82 Å². The summed E-state index contributed by atoms with van der Waals surface area (Å²) in [4.78, 5) is 22.5. The first-order valence-electron chi connectivity index (χ1n) is 5.31. The fraction of sp³-hybridized carbons (Fsp3) is 0.333. The summed E-state index contributed by atoms with van der Waals surface area (Å²) in [6.07, 6.45) is 0.0709. The molecule has 1 amide bonds. The third-order valence-electron chi connectivity index (χ3n) is 2.29. The van der Waals surface area contributed by atoms with Crippen LogP contribution in [-0.4, -0.2) is 30.7 Å². The second-order valence-corrected chi connectivity index (χ2v) is 3.63. The molecule has 0 spiro atoms. The Labute approximate surface area is 104 Å². The maximum absolute atomic E-state index is 12.7. The monoisotopic (exact) mass is 255 g/mol. The number of carbonyl (C=O) groups excluding carboxylic acids is 1. The van der Waals surface area contributed by atoms with E-state index in [0.717, 1.165) is 12.1 Å². The zero-order chi connectivity index (χ0) is 13.5. The van der Waals surface area contributed by atoms with Crippen molar-refractivity contribution in [3.8, 4) is 0 Å². The van der Waals surface area contributed by atoms with Crippen molar-refractivity contribution in [3.63, 3.8) is 0 Å². The van der Waals surface area contributed by atoms with Crippen LogP contribution in [0.5, 0.6) is 0 Å². The van der Waals surface area contributed by atoms with E-state index in [2.05, 4.69) is 5.32 Å². The van der Waals surface area contributed by atoms with Crippen molar-refractivity contribution in [1.82, 2.24) is 5.32 Å². The summed E-state index contributed by atoms with van der Waals surface area (Å²) in [5.74, 6) is -2.10. The van der Waals surface area contributed by atoms with Gasteiger partial charge in [0, 0.05) is 13.5 Å². The van der Waals surface area contributed by atoms with Crippen LogP contribution in [0.4, 0.5) is 4.39 Å². The highest BCUT2D eigenvalue weighted by Gasteiger charge is 2.21. The van der Waals surface area contributed by atoms with Gasteiger partial charge in [-0.25, -0.2) is 9.18 Å². The Hall–Kier alpha value is -1.95. The topological polar surface area (TPSA) is 75.6 Å². The molecule has 1 atom stereocenters. The maximum atomic E-state index is 12.7.